The van der Waals surface area contributed by atoms with Crippen molar-refractivity contribution in [2.24, 2.45) is 0 Å². The van der Waals surface area contributed by atoms with Crippen molar-refractivity contribution in [3.63, 3.8) is 0 Å². The molecule has 0 aliphatic rings. The van der Waals surface area contributed by atoms with Crippen LogP contribution in [0.15, 0.2) is 36.0 Å². The summed E-state index contributed by atoms with van der Waals surface area (Å²) in [7, 11) is 0. The highest BCUT2D eigenvalue weighted by atomic mass is 32.1. The number of thiazole rings is 1. The second-order valence-electron chi connectivity index (χ2n) is 4.17. The maximum atomic E-state index is 11.7. The molecule has 0 bridgehead atoms. The highest BCUT2D eigenvalue weighted by Crippen LogP contribution is 2.11. The fourth-order valence-corrected chi connectivity index (χ4v) is 2.39. The largest absolute Gasteiger partial charge is 0.299 e. The lowest BCUT2D eigenvalue weighted by Crippen LogP contribution is -2.03. The van der Waals surface area contributed by atoms with Gasteiger partial charge < -0.3 is 0 Å². The Balaban J connectivity index is 1.84. The number of hydrogen-bond donors (Lipinski definition) is 0. The molecule has 0 saturated carbocycles. The first-order chi connectivity index (χ1) is 8.24. The third kappa shape index (κ3) is 3.79. The van der Waals surface area contributed by atoms with Crippen LogP contribution < -0.4 is 0 Å². The van der Waals surface area contributed by atoms with Crippen molar-refractivity contribution in [1.82, 2.24) is 4.98 Å². The summed E-state index contributed by atoms with van der Waals surface area (Å²) in [6.45, 7) is 2.07. The second-order valence-corrected chi connectivity index (χ2v) is 5.14. The minimum Gasteiger partial charge on any atom is -0.299 e. The Labute approximate surface area is 105 Å². The lowest BCUT2D eigenvalue weighted by Gasteiger charge is -2.01. The van der Waals surface area contributed by atoms with E-state index in [0.717, 1.165) is 11.3 Å². The summed E-state index contributed by atoms with van der Waals surface area (Å²) in [6, 6.07) is 8.33. The van der Waals surface area contributed by atoms with Crippen molar-refractivity contribution in [2.75, 3.05) is 0 Å². The molecule has 0 aliphatic carbocycles. The summed E-state index contributed by atoms with van der Waals surface area (Å²) in [5, 5.41) is 0. The van der Waals surface area contributed by atoms with Gasteiger partial charge in [-0.15, -0.1) is 11.3 Å². The Morgan fingerprint density at radius 3 is 3.00 bits per heavy atom. The third-order valence-corrected chi connectivity index (χ3v) is 3.41. The van der Waals surface area contributed by atoms with Crippen LogP contribution in [0.25, 0.3) is 0 Å². The lowest BCUT2D eigenvalue weighted by molar-refractivity contribution is -0.118. The van der Waals surface area contributed by atoms with Crippen LogP contribution in [0.5, 0.6) is 0 Å². The first-order valence-corrected chi connectivity index (χ1v) is 6.56. The molecule has 0 aliphatic heterocycles. The number of benzene rings is 1. The van der Waals surface area contributed by atoms with Gasteiger partial charge in [0.1, 0.15) is 5.78 Å². The molecule has 2 nitrogen and oxygen atoms in total. The maximum Gasteiger partial charge on any atom is 0.138 e. The molecule has 0 amide bonds. The molecule has 0 spiro atoms. The van der Waals surface area contributed by atoms with Gasteiger partial charge in [-0.3, -0.25) is 9.78 Å². The summed E-state index contributed by atoms with van der Waals surface area (Å²) in [6.07, 6.45) is 3.74. The fourth-order valence-electron chi connectivity index (χ4n) is 1.76. The number of aryl methyl sites for hydroxylation is 2. The molecule has 0 saturated heterocycles. The van der Waals surface area contributed by atoms with E-state index in [9.17, 15) is 4.79 Å². The highest BCUT2D eigenvalue weighted by Gasteiger charge is 2.05. The van der Waals surface area contributed by atoms with Gasteiger partial charge in [0.2, 0.25) is 0 Å². The fraction of sp³-hybridized carbons (Fsp3) is 0.286. The summed E-state index contributed by atoms with van der Waals surface area (Å²) >= 11 is 1.54. The highest BCUT2D eigenvalue weighted by molar-refractivity contribution is 7.09. The normalized spacial score (nSPS) is 10.4. The summed E-state index contributed by atoms with van der Waals surface area (Å²) in [4.78, 5) is 16.8. The van der Waals surface area contributed by atoms with E-state index in [2.05, 4.69) is 30.1 Å². The molecule has 17 heavy (non-hydrogen) atoms. The van der Waals surface area contributed by atoms with Crippen LogP contribution in [0.4, 0.5) is 0 Å². The van der Waals surface area contributed by atoms with Gasteiger partial charge in [0, 0.05) is 23.9 Å². The molecule has 0 radical (unpaired) electrons. The van der Waals surface area contributed by atoms with E-state index in [4.69, 9.17) is 0 Å². The number of carbonyl (C=O) groups excluding carboxylic acids is 1. The zero-order valence-electron chi connectivity index (χ0n) is 9.85. The molecule has 1 heterocycles. The first-order valence-electron chi connectivity index (χ1n) is 5.68. The molecule has 0 atom stereocenters. The molecule has 0 unspecified atom stereocenters. The SMILES string of the molecule is Cc1cccc(CCC(=O)Cc2cncs2)c1. The lowest BCUT2D eigenvalue weighted by atomic mass is 10.0. The van der Waals surface area contributed by atoms with E-state index in [1.54, 1.807) is 23.0 Å². The Bertz CT molecular complexity index is 491. The van der Waals surface area contributed by atoms with Gasteiger partial charge in [-0.25, -0.2) is 0 Å². The molecular weight excluding hydrogens is 230 g/mol. The summed E-state index contributed by atoms with van der Waals surface area (Å²) in [5.74, 6) is 0.288. The number of aromatic nitrogens is 1. The van der Waals surface area contributed by atoms with Crippen molar-refractivity contribution < 1.29 is 4.79 Å². The molecule has 2 rings (SSSR count). The third-order valence-electron chi connectivity index (χ3n) is 2.63. The van der Waals surface area contributed by atoms with E-state index >= 15 is 0 Å². The maximum absolute atomic E-state index is 11.7. The smallest absolute Gasteiger partial charge is 0.138 e. The number of hydrogen-bond acceptors (Lipinski definition) is 3. The molecular formula is C14H15NOS. The molecule has 2 aromatic rings. The Morgan fingerprint density at radius 2 is 2.29 bits per heavy atom. The zero-order chi connectivity index (χ0) is 12.1. The summed E-state index contributed by atoms with van der Waals surface area (Å²) < 4.78 is 0. The van der Waals surface area contributed by atoms with Crippen LogP contribution in [0.2, 0.25) is 0 Å². The van der Waals surface area contributed by atoms with Crippen LogP contribution in [0.1, 0.15) is 22.4 Å². The van der Waals surface area contributed by atoms with Crippen LogP contribution in [0, 0.1) is 6.92 Å². The van der Waals surface area contributed by atoms with Gasteiger partial charge >= 0.3 is 0 Å². The van der Waals surface area contributed by atoms with Gasteiger partial charge in [-0.2, -0.15) is 0 Å². The van der Waals surface area contributed by atoms with Crippen molar-refractivity contribution in [1.29, 1.82) is 0 Å². The Kier molecular flexibility index (Phi) is 4.04. The average Bonchev–Trinajstić information content (AvgIpc) is 2.79. The number of Topliss-reactive ketones (excluding diaryl/α,β-unsaturated/α-hetero) is 1. The monoisotopic (exact) mass is 245 g/mol. The van der Waals surface area contributed by atoms with Crippen molar-refractivity contribution in [3.8, 4) is 0 Å². The van der Waals surface area contributed by atoms with Crippen LogP contribution in [0.3, 0.4) is 0 Å². The second kappa shape index (κ2) is 5.73. The average molecular weight is 245 g/mol. The number of nitrogens with zero attached hydrogens (tertiary/aromatic N) is 1. The number of rotatable bonds is 5. The van der Waals surface area contributed by atoms with Gasteiger partial charge in [-0.05, 0) is 18.9 Å². The quantitative estimate of drug-likeness (QED) is 0.809. The van der Waals surface area contributed by atoms with E-state index < -0.39 is 0 Å². The molecule has 88 valence electrons. The molecule has 0 N–H and O–H groups in total. The van der Waals surface area contributed by atoms with E-state index in [0.29, 0.717) is 12.8 Å². The predicted octanol–water partition coefficient (Wildman–Crippen LogP) is 3.20. The predicted molar refractivity (Wildman–Crippen MR) is 70.3 cm³/mol. The van der Waals surface area contributed by atoms with Gasteiger partial charge in [0.15, 0.2) is 0 Å². The topological polar surface area (TPSA) is 30.0 Å². The van der Waals surface area contributed by atoms with Gasteiger partial charge in [0.25, 0.3) is 0 Å². The van der Waals surface area contributed by atoms with Crippen LogP contribution >= 0.6 is 11.3 Å². The standard InChI is InChI=1S/C14H15NOS/c1-11-3-2-4-12(7-11)5-6-13(16)8-14-9-15-10-17-14/h2-4,7,9-10H,5-6,8H2,1H3. The first kappa shape index (κ1) is 12.0. The van der Waals surface area contributed by atoms with Crippen molar-refractivity contribution in [2.45, 2.75) is 26.2 Å². The Hall–Kier alpha value is -1.48. The van der Waals surface area contributed by atoms with Crippen molar-refractivity contribution in [3.05, 3.63) is 52.0 Å². The number of ketones is 1. The number of carbonyl (C=O) groups is 1. The Morgan fingerprint density at radius 1 is 1.41 bits per heavy atom. The molecule has 1 aromatic carbocycles. The van der Waals surface area contributed by atoms with Gasteiger partial charge in [0.05, 0.1) is 5.51 Å². The molecule has 1 aromatic heterocycles. The van der Waals surface area contributed by atoms with E-state index in [1.165, 1.54) is 11.1 Å². The summed E-state index contributed by atoms with van der Waals surface area (Å²) in [5.41, 5.74) is 4.25. The van der Waals surface area contributed by atoms with E-state index in [-0.39, 0.29) is 5.78 Å². The zero-order valence-corrected chi connectivity index (χ0v) is 10.7. The minimum atomic E-state index is 0.288. The van der Waals surface area contributed by atoms with Crippen LogP contribution in [-0.4, -0.2) is 10.8 Å². The minimum absolute atomic E-state index is 0.288. The van der Waals surface area contributed by atoms with E-state index in [1.807, 2.05) is 6.07 Å². The van der Waals surface area contributed by atoms with Gasteiger partial charge in [-0.1, -0.05) is 29.8 Å². The van der Waals surface area contributed by atoms with Crippen molar-refractivity contribution >= 4 is 17.1 Å². The van der Waals surface area contributed by atoms with Crippen LogP contribution in [-0.2, 0) is 17.6 Å². The molecule has 3 heteroatoms. The molecule has 0 fully saturated rings.